The zero-order valence-electron chi connectivity index (χ0n) is 10.6. The minimum Gasteiger partial charge on any atom is -0.355 e. The monoisotopic (exact) mass is 306 g/mol. The van der Waals surface area contributed by atoms with Crippen molar-refractivity contribution in [2.24, 2.45) is 0 Å². The van der Waals surface area contributed by atoms with Gasteiger partial charge >= 0.3 is 0 Å². The van der Waals surface area contributed by atoms with Gasteiger partial charge in [-0.05, 0) is 42.5 Å². The van der Waals surface area contributed by atoms with Gasteiger partial charge in [0.2, 0.25) is 0 Å². The lowest BCUT2D eigenvalue weighted by atomic mass is 10.2. The Morgan fingerprint density at radius 3 is 2.20 bits per heavy atom. The number of hydrogen-bond donors (Lipinski definition) is 1. The summed E-state index contributed by atoms with van der Waals surface area (Å²) in [4.78, 5) is 0.265. The van der Waals surface area contributed by atoms with Gasteiger partial charge in [0.25, 0.3) is 0 Å². The minimum absolute atomic E-state index is 0.265. The Hall–Kier alpha value is -2.03. The standard InChI is InChI=1S/C14H11ClN2O2S/c1-20(18,19)13-6-4-11(5-7-13)17-12-3-2-10(9-16)14(15)8-12/h2-8,17H,1H3. The predicted octanol–water partition coefficient (Wildman–Crippen LogP) is 3.36. The summed E-state index contributed by atoms with van der Waals surface area (Å²) in [5.74, 6) is 0. The molecule has 0 bridgehead atoms. The molecular weight excluding hydrogens is 296 g/mol. The van der Waals surface area contributed by atoms with E-state index in [9.17, 15) is 8.42 Å². The number of sulfone groups is 1. The molecule has 0 aliphatic carbocycles. The van der Waals surface area contributed by atoms with E-state index in [2.05, 4.69) is 5.32 Å². The molecule has 0 unspecified atom stereocenters. The Bertz CT molecular complexity index is 778. The lowest BCUT2D eigenvalue weighted by Crippen LogP contribution is -1.97. The average Bonchev–Trinajstić information content (AvgIpc) is 2.38. The van der Waals surface area contributed by atoms with Crippen LogP contribution in [0.25, 0.3) is 0 Å². The fraction of sp³-hybridized carbons (Fsp3) is 0.0714. The minimum atomic E-state index is -3.19. The van der Waals surface area contributed by atoms with Gasteiger partial charge in [0, 0.05) is 17.6 Å². The van der Waals surface area contributed by atoms with Crippen LogP contribution in [0.15, 0.2) is 47.4 Å². The number of nitriles is 1. The van der Waals surface area contributed by atoms with Crippen LogP contribution in [-0.2, 0) is 9.84 Å². The highest BCUT2D eigenvalue weighted by Gasteiger charge is 2.06. The van der Waals surface area contributed by atoms with Crippen molar-refractivity contribution in [3.05, 3.63) is 53.1 Å². The maximum absolute atomic E-state index is 11.3. The van der Waals surface area contributed by atoms with Crippen LogP contribution in [0.4, 0.5) is 11.4 Å². The van der Waals surface area contributed by atoms with E-state index in [1.54, 1.807) is 30.3 Å². The van der Waals surface area contributed by atoms with Crippen molar-refractivity contribution < 1.29 is 8.42 Å². The van der Waals surface area contributed by atoms with E-state index >= 15 is 0 Å². The highest BCUT2D eigenvalue weighted by molar-refractivity contribution is 7.90. The molecule has 20 heavy (non-hydrogen) atoms. The first-order valence-electron chi connectivity index (χ1n) is 5.67. The van der Waals surface area contributed by atoms with Crippen LogP contribution in [0.5, 0.6) is 0 Å². The van der Waals surface area contributed by atoms with Gasteiger partial charge in [-0.2, -0.15) is 5.26 Å². The van der Waals surface area contributed by atoms with Gasteiger partial charge in [-0.1, -0.05) is 11.6 Å². The summed E-state index contributed by atoms with van der Waals surface area (Å²) in [6.07, 6.45) is 1.16. The SMILES string of the molecule is CS(=O)(=O)c1ccc(Nc2ccc(C#N)c(Cl)c2)cc1. The molecule has 0 fully saturated rings. The zero-order valence-corrected chi connectivity index (χ0v) is 12.2. The Morgan fingerprint density at radius 1 is 1.10 bits per heavy atom. The van der Waals surface area contributed by atoms with Crippen LogP contribution >= 0.6 is 11.6 Å². The first-order chi connectivity index (χ1) is 9.40. The molecule has 1 N–H and O–H groups in total. The van der Waals surface area contributed by atoms with Crippen LogP contribution in [0.1, 0.15) is 5.56 Å². The molecule has 0 aliphatic heterocycles. The second kappa shape index (κ2) is 5.53. The van der Waals surface area contributed by atoms with Gasteiger partial charge in [0.05, 0.1) is 15.5 Å². The third-order valence-corrected chi connectivity index (χ3v) is 4.10. The topological polar surface area (TPSA) is 70.0 Å². The molecule has 0 saturated carbocycles. The molecule has 0 heterocycles. The number of nitrogens with zero attached hydrogens (tertiary/aromatic N) is 1. The van der Waals surface area contributed by atoms with Gasteiger partial charge in [0.1, 0.15) is 6.07 Å². The van der Waals surface area contributed by atoms with Crippen LogP contribution in [0.3, 0.4) is 0 Å². The van der Waals surface area contributed by atoms with Crippen LogP contribution in [-0.4, -0.2) is 14.7 Å². The van der Waals surface area contributed by atoms with E-state index in [0.29, 0.717) is 10.6 Å². The molecule has 6 heteroatoms. The maximum Gasteiger partial charge on any atom is 0.175 e. The number of halogens is 1. The van der Waals surface area contributed by atoms with Gasteiger partial charge in [0.15, 0.2) is 9.84 Å². The van der Waals surface area contributed by atoms with E-state index in [1.807, 2.05) is 6.07 Å². The lowest BCUT2D eigenvalue weighted by Gasteiger charge is -2.08. The summed E-state index contributed by atoms with van der Waals surface area (Å²) in [5.41, 5.74) is 1.86. The van der Waals surface area contributed by atoms with Crippen LogP contribution in [0.2, 0.25) is 5.02 Å². The highest BCUT2D eigenvalue weighted by Crippen LogP contribution is 2.24. The first-order valence-corrected chi connectivity index (χ1v) is 7.94. The van der Waals surface area contributed by atoms with Crippen LogP contribution < -0.4 is 5.32 Å². The van der Waals surface area contributed by atoms with Crippen molar-refractivity contribution in [1.29, 1.82) is 5.26 Å². The second-order valence-electron chi connectivity index (χ2n) is 4.23. The molecule has 0 spiro atoms. The van der Waals surface area contributed by atoms with E-state index in [0.717, 1.165) is 17.6 Å². The molecule has 0 atom stereocenters. The predicted molar refractivity (Wildman–Crippen MR) is 79.0 cm³/mol. The fourth-order valence-electron chi connectivity index (χ4n) is 1.64. The number of benzene rings is 2. The normalized spacial score (nSPS) is 10.8. The Kier molecular flexibility index (Phi) is 3.98. The third-order valence-electron chi connectivity index (χ3n) is 2.66. The van der Waals surface area contributed by atoms with Gasteiger partial charge in [-0.3, -0.25) is 0 Å². The summed E-state index contributed by atoms with van der Waals surface area (Å²) in [6, 6.07) is 13.4. The van der Waals surface area contributed by atoms with E-state index in [-0.39, 0.29) is 4.90 Å². The number of nitrogens with one attached hydrogen (secondary N) is 1. The largest absolute Gasteiger partial charge is 0.355 e. The Labute approximate surface area is 122 Å². The van der Waals surface area contributed by atoms with E-state index in [1.165, 1.54) is 12.1 Å². The van der Waals surface area contributed by atoms with Crippen molar-refractivity contribution in [3.8, 4) is 6.07 Å². The van der Waals surface area contributed by atoms with Crippen molar-refractivity contribution in [2.75, 3.05) is 11.6 Å². The molecule has 0 aliphatic rings. The first kappa shape index (κ1) is 14.4. The Morgan fingerprint density at radius 2 is 1.70 bits per heavy atom. The number of rotatable bonds is 3. The third kappa shape index (κ3) is 3.29. The van der Waals surface area contributed by atoms with E-state index in [4.69, 9.17) is 16.9 Å². The number of anilines is 2. The van der Waals surface area contributed by atoms with Gasteiger partial charge in [-0.25, -0.2) is 8.42 Å². The molecule has 0 saturated heterocycles. The fourth-order valence-corrected chi connectivity index (χ4v) is 2.49. The second-order valence-corrected chi connectivity index (χ2v) is 6.65. The molecular formula is C14H11ClN2O2S. The summed E-state index contributed by atoms with van der Waals surface area (Å²) >= 11 is 5.94. The van der Waals surface area contributed by atoms with Gasteiger partial charge < -0.3 is 5.32 Å². The summed E-state index contributed by atoms with van der Waals surface area (Å²) in [5, 5.41) is 12.2. The molecule has 2 aromatic rings. The van der Waals surface area contributed by atoms with Crippen molar-refractivity contribution in [1.82, 2.24) is 0 Å². The molecule has 4 nitrogen and oxygen atoms in total. The maximum atomic E-state index is 11.3. The smallest absolute Gasteiger partial charge is 0.175 e. The van der Waals surface area contributed by atoms with Crippen molar-refractivity contribution in [3.63, 3.8) is 0 Å². The molecule has 2 aromatic carbocycles. The average molecular weight is 307 g/mol. The quantitative estimate of drug-likeness (QED) is 0.944. The van der Waals surface area contributed by atoms with Crippen molar-refractivity contribution in [2.45, 2.75) is 4.90 Å². The molecule has 0 radical (unpaired) electrons. The summed E-state index contributed by atoms with van der Waals surface area (Å²) in [7, 11) is -3.19. The molecule has 0 aromatic heterocycles. The Balaban J connectivity index is 2.23. The van der Waals surface area contributed by atoms with Crippen molar-refractivity contribution >= 4 is 32.8 Å². The molecule has 2 rings (SSSR count). The summed E-state index contributed by atoms with van der Waals surface area (Å²) in [6.45, 7) is 0. The van der Waals surface area contributed by atoms with Crippen LogP contribution in [0, 0.1) is 11.3 Å². The number of hydrogen-bond acceptors (Lipinski definition) is 4. The lowest BCUT2D eigenvalue weighted by molar-refractivity contribution is 0.602. The van der Waals surface area contributed by atoms with E-state index < -0.39 is 9.84 Å². The molecule has 0 amide bonds. The zero-order chi connectivity index (χ0) is 14.8. The highest BCUT2D eigenvalue weighted by atomic mass is 35.5. The molecule has 102 valence electrons. The summed E-state index contributed by atoms with van der Waals surface area (Å²) < 4.78 is 22.7. The van der Waals surface area contributed by atoms with Gasteiger partial charge in [-0.15, -0.1) is 0 Å².